The SMILES string of the molecule is C=CCNC(=O)CN1CCCC1Cc1ccc(C)cc1. The van der Waals surface area contributed by atoms with Crippen molar-refractivity contribution < 1.29 is 4.79 Å². The molecule has 1 N–H and O–H groups in total. The van der Waals surface area contributed by atoms with Crippen molar-refractivity contribution >= 4 is 5.91 Å². The van der Waals surface area contributed by atoms with Gasteiger partial charge in [-0.3, -0.25) is 9.69 Å². The maximum Gasteiger partial charge on any atom is 0.234 e. The summed E-state index contributed by atoms with van der Waals surface area (Å²) in [6.07, 6.45) is 5.12. The smallest absolute Gasteiger partial charge is 0.234 e. The summed E-state index contributed by atoms with van der Waals surface area (Å²) in [6, 6.07) is 9.21. The maximum absolute atomic E-state index is 11.8. The molecule has 0 aromatic heterocycles. The Bertz CT molecular complexity index is 453. The van der Waals surface area contributed by atoms with Crippen LogP contribution in [0.25, 0.3) is 0 Å². The quantitative estimate of drug-likeness (QED) is 0.806. The topological polar surface area (TPSA) is 32.3 Å². The highest BCUT2D eigenvalue weighted by atomic mass is 16.2. The van der Waals surface area contributed by atoms with Crippen molar-refractivity contribution in [3.63, 3.8) is 0 Å². The number of aryl methyl sites for hydroxylation is 1. The Morgan fingerprint density at radius 3 is 2.90 bits per heavy atom. The number of rotatable bonds is 6. The van der Waals surface area contributed by atoms with E-state index >= 15 is 0 Å². The van der Waals surface area contributed by atoms with Crippen LogP contribution in [0.5, 0.6) is 0 Å². The second kappa shape index (κ2) is 7.25. The monoisotopic (exact) mass is 272 g/mol. The number of amides is 1. The molecule has 20 heavy (non-hydrogen) atoms. The van der Waals surface area contributed by atoms with Gasteiger partial charge in [0, 0.05) is 12.6 Å². The summed E-state index contributed by atoms with van der Waals surface area (Å²) < 4.78 is 0. The fourth-order valence-electron chi connectivity index (χ4n) is 2.76. The minimum Gasteiger partial charge on any atom is -0.352 e. The van der Waals surface area contributed by atoms with Gasteiger partial charge in [0.25, 0.3) is 0 Å². The van der Waals surface area contributed by atoms with Crippen LogP contribution in [-0.2, 0) is 11.2 Å². The summed E-state index contributed by atoms with van der Waals surface area (Å²) in [5.74, 6) is 0.0979. The van der Waals surface area contributed by atoms with E-state index in [-0.39, 0.29) is 5.91 Å². The van der Waals surface area contributed by atoms with Crippen molar-refractivity contribution in [3.05, 3.63) is 48.0 Å². The number of benzene rings is 1. The number of carbonyl (C=O) groups is 1. The Balaban J connectivity index is 1.88. The Labute approximate surface area is 121 Å². The molecular weight excluding hydrogens is 248 g/mol. The molecule has 0 bridgehead atoms. The van der Waals surface area contributed by atoms with Crippen LogP contribution in [0.15, 0.2) is 36.9 Å². The highest BCUT2D eigenvalue weighted by molar-refractivity contribution is 5.78. The third-order valence-corrected chi connectivity index (χ3v) is 3.88. The molecule has 1 saturated heterocycles. The lowest BCUT2D eigenvalue weighted by Crippen LogP contribution is -2.40. The number of carbonyl (C=O) groups excluding carboxylic acids is 1. The van der Waals surface area contributed by atoms with E-state index in [4.69, 9.17) is 0 Å². The van der Waals surface area contributed by atoms with Gasteiger partial charge in [-0.25, -0.2) is 0 Å². The highest BCUT2D eigenvalue weighted by Crippen LogP contribution is 2.21. The van der Waals surface area contributed by atoms with E-state index < -0.39 is 0 Å². The lowest BCUT2D eigenvalue weighted by Gasteiger charge is -2.24. The van der Waals surface area contributed by atoms with Crippen molar-refractivity contribution in [2.24, 2.45) is 0 Å². The third-order valence-electron chi connectivity index (χ3n) is 3.88. The van der Waals surface area contributed by atoms with Crippen LogP contribution >= 0.6 is 0 Å². The van der Waals surface area contributed by atoms with Gasteiger partial charge in [-0.05, 0) is 38.3 Å². The molecule has 1 aromatic carbocycles. The average Bonchev–Trinajstić information content (AvgIpc) is 2.86. The van der Waals surface area contributed by atoms with Crippen LogP contribution < -0.4 is 5.32 Å². The molecule has 1 atom stereocenters. The Hall–Kier alpha value is -1.61. The summed E-state index contributed by atoms with van der Waals surface area (Å²) in [5, 5.41) is 2.85. The van der Waals surface area contributed by atoms with E-state index in [0.29, 0.717) is 19.1 Å². The second-order valence-corrected chi connectivity index (χ2v) is 5.55. The number of nitrogens with one attached hydrogen (secondary N) is 1. The molecule has 1 amide bonds. The largest absolute Gasteiger partial charge is 0.352 e. The van der Waals surface area contributed by atoms with Crippen LogP contribution in [0.3, 0.4) is 0 Å². The van der Waals surface area contributed by atoms with E-state index in [2.05, 4.69) is 48.0 Å². The van der Waals surface area contributed by atoms with Crippen LogP contribution in [0.4, 0.5) is 0 Å². The molecule has 3 heteroatoms. The molecule has 0 radical (unpaired) electrons. The maximum atomic E-state index is 11.8. The normalized spacial score (nSPS) is 18.9. The fourth-order valence-corrected chi connectivity index (χ4v) is 2.76. The molecule has 1 fully saturated rings. The summed E-state index contributed by atoms with van der Waals surface area (Å²) >= 11 is 0. The van der Waals surface area contributed by atoms with Gasteiger partial charge in [0.15, 0.2) is 0 Å². The molecule has 1 unspecified atom stereocenters. The lowest BCUT2D eigenvalue weighted by atomic mass is 10.0. The minimum atomic E-state index is 0.0979. The molecular formula is C17H24N2O. The number of nitrogens with zero attached hydrogens (tertiary/aromatic N) is 1. The van der Waals surface area contributed by atoms with Crippen LogP contribution in [0, 0.1) is 6.92 Å². The van der Waals surface area contributed by atoms with Gasteiger partial charge in [-0.15, -0.1) is 6.58 Å². The molecule has 1 aliphatic rings. The van der Waals surface area contributed by atoms with Gasteiger partial charge in [0.1, 0.15) is 0 Å². The molecule has 3 nitrogen and oxygen atoms in total. The first-order valence-electron chi connectivity index (χ1n) is 7.36. The average molecular weight is 272 g/mol. The second-order valence-electron chi connectivity index (χ2n) is 5.55. The van der Waals surface area contributed by atoms with Crippen LogP contribution in [0.2, 0.25) is 0 Å². The Kier molecular flexibility index (Phi) is 5.36. The van der Waals surface area contributed by atoms with Gasteiger partial charge in [0.2, 0.25) is 5.91 Å². The number of likely N-dealkylation sites (tertiary alicyclic amines) is 1. The van der Waals surface area contributed by atoms with Crippen molar-refractivity contribution in [1.82, 2.24) is 10.2 Å². The zero-order valence-corrected chi connectivity index (χ0v) is 12.3. The van der Waals surface area contributed by atoms with Gasteiger partial charge < -0.3 is 5.32 Å². The summed E-state index contributed by atoms with van der Waals surface area (Å²) in [7, 11) is 0. The molecule has 0 spiro atoms. The molecule has 1 aliphatic heterocycles. The van der Waals surface area contributed by atoms with Gasteiger partial charge in [-0.2, -0.15) is 0 Å². The third kappa shape index (κ3) is 4.20. The van der Waals surface area contributed by atoms with E-state index in [9.17, 15) is 4.79 Å². The van der Waals surface area contributed by atoms with E-state index in [0.717, 1.165) is 13.0 Å². The Morgan fingerprint density at radius 2 is 2.20 bits per heavy atom. The Morgan fingerprint density at radius 1 is 1.45 bits per heavy atom. The highest BCUT2D eigenvalue weighted by Gasteiger charge is 2.26. The van der Waals surface area contributed by atoms with E-state index in [1.54, 1.807) is 6.08 Å². The standard InChI is InChI=1S/C17H24N2O/c1-3-10-18-17(20)13-19-11-4-5-16(19)12-15-8-6-14(2)7-9-15/h3,6-9,16H,1,4-5,10-13H2,2H3,(H,18,20). The first kappa shape index (κ1) is 14.8. The zero-order chi connectivity index (χ0) is 14.4. The molecule has 0 saturated carbocycles. The first-order chi connectivity index (χ1) is 9.69. The van der Waals surface area contributed by atoms with Crippen LogP contribution in [0.1, 0.15) is 24.0 Å². The zero-order valence-electron chi connectivity index (χ0n) is 12.3. The fraction of sp³-hybridized carbons (Fsp3) is 0.471. The summed E-state index contributed by atoms with van der Waals surface area (Å²) in [4.78, 5) is 14.1. The van der Waals surface area contributed by atoms with Crippen molar-refractivity contribution in [2.75, 3.05) is 19.6 Å². The first-order valence-corrected chi connectivity index (χ1v) is 7.36. The van der Waals surface area contributed by atoms with Gasteiger partial charge in [-0.1, -0.05) is 35.9 Å². The molecule has 108 valence electrons. The van der Waals surface area contributed by atoms with E-state index in [1.165, 1.54) is 24.0 Å². The molecule has 1 aromatic rings. The number of hydrogen-bond acceptors (Lipinski definition) is 2. The van der Waals surface area contributed by atoms with Gasteiger partial charge in [0.05, 0.1) is 6.54 Å². The summed E-state index contributed by atoms with van der Waals surface area (Å²) in [5.41, 5.74) is 2.65. The predicted molar refractivity (Wildman–Crippen MR) is 82.7 cm³/mol. The molecule has 2 rings (SSSR count). The minimum absolute atomic E-state index is 0.0979. The van der Waals surface area contributed by atoms with Crippen molar-refractivity contribution in [1.29, 1.82) is 0 Å². The molecule has 0 aliphatic carbocycles. The van der Waals surface area contributed by atoms with Gasteiger partial charge >= 0.3 is 0 Å². The van der Waals surface area contributed by atoms with E-state index in [1.807, 2.05) is 0 Å². The lowest BCUT2D eigenvalue weighted by molar-refractivity contribution is -0.122. The summed E-state index contributed by atoms with van der Waals surface area (Å²) in [6.45, 7) is 7.80. The van der Waals surface area contributed by atoms with Crippen molar-refractivity contribution in [2.45, 2.75) is 32.2 Å². The number of hydrogen-bond donors (Lipinski definition) is 1. The van der Waals surface area contributed by atoms with Crippen LogP contribution in [-0.4, -0.2) is 36.5 Å². The molecule has 1 heterocycles. The predicted octanol–water partition coefficient (Wildman–Crippen LogP) is 2.30. The van der Waals surface area contributed by atoms with Crippen molar-refractivity contribution in [3.8, 4) is 0 Å².